The molecule has 15 rings (SSSR count). The highest BCUT2D eigenvalue weighted by molar-refractivity contribution is 6.32. The number of hydrogen-bond donors (Lipinski definition) is 24. The zero-order chi connectivity index (χ0) is 102. The van der Waals surface area contributed by atoms with Gasteiger partial charge in [0.1, 0.15) is 132 Å². The average molecular weight is 2010 g/mol. The Balaban J connectivity index is 0.922. The van der Waals surface area contributed by atoms with Crippen LogP contribution < -0.4 is 89.3 Å². The molecule has 7 aromatic rings. The van der Waals surface area contributed by atoms with Gasteiger partial charge in [-0.25, -0.2) is 9.59 Å². The quantitative estimate of drug-likeness (QED) is 0.0311. The minimum absolute atomic E-state index is 0.112. The Morgan fingerprint density at radius 1 is 0.693 bits per heavy atom. The van der Waals surface area contributed by atoms with Crippen LogP contribution in [0.25, 0.3) is 11.1 Å². The van der Waals surface area contributed by atoms with Gasteiger partial charge in [-0.2, -0.15) is 4.98 Å². The lowest BCUT2D eigenvalue weighted by Gasteiger charge is -2.46. The summed E-state index contributed by atoms with van der Waals surface area (Å²) in [6.45, 7) is 6.40. The summed E-state index contributed by atoms with van der Waals surface area (Å²) in [7, 11) is 1.44. The molecule has 6 aromatic carbocycles. The van der Waals surface area contributed by atoms with Crippen molar-refractivity contribution in [3.8, 4) is 62.9 Å². The Morgan fingerprint density at radius 3 is 1.95 bits per heavy atom. The molecule has 9 heterocycles. The Bertz CT molecular complexity index is 5850. The molecule has 11 bridgehead atoms. The SMILES string of the molecule is CCCNCc1c(O)cc2c(c1O)-c1cc(ccc1O)[C@H]1NC(=O)[C@@H]3NC(=O)[C@H](CC(N)=O)NC(=O)C(NC(=O)[C@@H](CC(C)C)NC)[C@H](O)c4ccc(c(Cl)c4)Oc4cc3cc(c4O[C@@H]3O[C@H](CO)[C@@H](O[C@@H]4O[C@H](CNCCn5ccc(NC(=O)c6ccc(OC(F)(F)F)cc6)nc5=O)[C@H](O)[C@H](O)[C@H]4O)[C@H](O)[C@H]3O)Oc3ccc(cc3Cl)[C@@H](OC3C[C@](C)(N)[C@@H](O)[C@H](C)O3)[C@H](NC1=O)C(=O)N[C@H]2C(=O)O. The molecule has 26 N–H and O–H groups in total. The molecular formula is C90H105Cl2F3N14O31. The highest BCUT2D eigenvalue weighted by Crippen LogP contribution is 2.51. The van der Waals surface area contributed by atoms with E-state index in [-0.39, 0.29) is 60.0 Å². The van der Waals surface area contributed by atoms with E-state index in [0.29, 0.717) is 13.0 Å². The largest absolute Gasteiger partial charge is 0.573 e. The minimum atomic E-state index is -4.99. The first kappa shape index (κ1) is 105. The number of benzene rings is 6. The maximum atomic E-state index is 16.6. The number of primary amides is 1. The highest BCUT2D eigenvalue weighted by atomic mass is 35.5. The third-order valence-corrected chi connectivity index (χ3v) is 24.6. The number of halogens is 5. The van der Waals surface area contributed by atoms with E-state index in [4.69, 9.17) is 72.6 Å². The monoisotopic (exact) mass is 2000 g/mol. The van der Waals surface area contributed by atoms with Crippen LogP contribution in [0.5, 0.6) is 51.7 Å². The fourth-order valence-electron chi connectivity index (χ4n) is 16.7. The standard InChI is InChI=1S/C90H105Cl2F3N14O31/c1-7-19-99-32-45-51(112)29-44-61(68(45)115)43-24-38(10-15-50(43)111)62-81(125)108-66(84(128)106-64(44)85(129)130)74(137-60-31-89(5,97)77(121)36(4)132-60)40-12-17-53(47(92)26-40)134-55-28-41-27-54(133-52-16-11-39(25-46(52)91)67(114)65(107-79(123)48(98-6)23-35(2)3)83(127)101-49(30-58(96)113)80(124)104-63(41)82(126)105-62)75(55)138-87-73(120)71(118)76(57(34-110)136-87)139-86-72(119)70(117)69(116)56(135-86)33-100-20-22-109-21-18-59(103-88(109)131)102-78(122)37-8-13-42(14-9-37)140-90(93,94)95/h8-18,21,24-29,35-36,48-49,56-57,60,62-67,69-74,76-77,86-87,98-100,110-112,114-121H,7,19-20,22-23,30-34,97H2,1-6H3,(H2,96,113)(H,101,127)(H,104,124)(H,105,126)(H,106,128)(H,107,123)(H,108,125)(H,129,130)(H,102,103,122,131)/t36-,48+,49-,56+,57+,60?,62+,63+,64+,65?,66-,67+,69-,70-,71+,72+,73+,74+,76+,77-,86-,87-,89-/m0/s1. The fraction of sp³-hybridized carbons (Fsp3) is 0.456. The van der Waals surface area contributed by atoms with Gasteiger partial charge in [-0.1, -0.05) is 62.2 Å². The summed E-state index contributed by atoms with van der Waals surface area (Å²) in [6, 6.07) is 2.82. The second-order valence-electron chi connectivity index (χ2n) is 34.8. The molecule has 0 radical (unpaired) electrons. The number of carboxylic acids is 1. The zero-order valence-electron chi connectivity index (χ0n) is 75.3. The molecule has 8 aliphatic rings. The molecule has 0 aliphatic carbocycles. The van der Waals surface area contributed by atoms with Crippen molar-refractivity contribution in [1.29, 1.82) is 0 Å². The number of likely N-dealkylation sites (N-methyl/N-ethyl adjacent to an activating group) is 1. The molecule has 3 saturated heterocycles. The van der Waals surface area contributed by atoms with Crippen molar-refractivity contribution < 1.29 is 160 Å². The van der Waals surface area contributed by atoms with Gasteiger partial charge in [-0.05, 0) is 153 Å². The molecular weight excluding hydrogens is 1900 g/mol. The van der Waals surface area contributed by atoms with Gasteiger partial charge in [-0.15, -0.1) is 13.2 Å². The van der Waals surface area contributed by atoms with Gasteiger partial charge < -0.3 is 169 Å². The summed E-state index contributed by atoms with van der Waals surface area (Å²) in [5.41, 5.74) is 6.54. The molecule has 45 nitrogen and oxygen atoms in total. The number of ether oxygens (including phenoxy) is 9. The maximum absolute atomic E-state index is 16.6. The number of aromatic nitrogens is 2. The maximum Gasteiger partial charge on any atom is 0.573 e. The van der Waals surface area contributed by atoms with Crippen LogP contribution in [-0.4, -0.2) is 273 Å². The molecule has 8 amide bonds. The van der Waals surface area contributed by atoms with Crippen molar-refractivity contribution in [2.45, 2.75) is 220 Å². The van der Waals surface area contributed by atoms with E-state index >= 15 is 24.0 Å². The zero-order valence-corrected chi connectivity index (χ0v) is 76.8. The third kappa shape index (κ3) is 24.0. The summed E-state index contributed by atoms with van der Waals surface area (Å²) in [5.74, 6) is -18.8. The number of hydrogen-bond acceptors (Lipinski definition) is 35. The van der Waals surface area contributed by atoms with E-state index in [1.807, 2.05) is 6.92 Å². The number of phenols is 3. The Kier molecular flexibility index (Phi) is 33.2. The first-order chi connectivity index (χ1) is 66.2. The molecule has 23 atom stereocenters. The van der Waals surface area contributed by atoms with Crippen molar-refractivity contribution in [1.82, 2.24) is 57.4 Å². The van der Waals surface area contributed by atoms with E-state index in [1.165, 1.54) is 39.2 Å². The van der Waals surface area contributed by atoms with Crippen molar-refractivity contribution >= 4 is 82.2 Å². The summed E-state index contributed by atoms with van der Waals surface area (Å²) < 4.78 is 94.3. The van der Waals surface area contributed by atoms with Gasteiger partial charge >= 0.3 is 18.0 Å². The van der Waals surface area contributed by atoms with Crippen LogP contribution >= 0.6 is 23.2 Å². The molecule has 1 aromatic heterocycles. The van der Waals surface area contributed by atoms with Gasteiger partial charge in [-0.3, -0.25) is 42.9 Å². The number of carboxylic acid groups (broad SMARTS) is 1. The number of alkyl halides is 3. The minimum Gasteiger partial charge on any atom is -0.507 e. The number of carbonyl (C=O) groups is 9. The number of aliphatic carboxylic acids is 1. The van der Waals surface area contributed by atoms with Crippen molar-refractivity contribution in [3.05, 3.63) is 169 Å². The van der Waals surface area contributed by atoms with Gasteiger partial charge in [0.25, 0.3) is 5.91 Å². The molecule has 756 valence electrons. The summed E-state index contributed by atoms with van der Waals surface area (Å²) in [4.78, 5) is 151. The predicted octanol–water partition coefficient (Wildman–Crippen LogP) is 0.435. The molecule has 140 heavy (non-hydrogen) atoms. The van der Waals surface area contributed by atoms with Crippen LogP contribution in [0.2, 0.25) is 10.0 Å². The number of rotatable bonds is 27. The van der Waals surface area contributed by atoms with Crippen molar-refractivity contribution in [2.75, 3.05) is 38.6 Å². The highest BCUT2D eigenvalue weighted by Gasteiger charge is 2.54. The van der Waals surface area contributed by atoms with Crippen molar-refractivity contribution in [2.24, 2.45) is 17.4 Å². The number of fused-ring (bicyclic) bond motifs is 15. The molecule has 3 fully saturated rings. The predicted molar refractivity (Wildman–Crippen MR) is 479 cm³/mol. The van der Waals surface area contributed by atoms with E-state index in [1.54, 1.807) is 13.8 Å². The second kappa shape index (κ2) is 44.3. The summed E-state index contributed by atoms with van der Waals surface area (Å²) in [6.07, 6.45) is -33.9. The Hall–Kier alpha value is -12.3. The first-order valence-corrected chi connectivity index (χ1v) is 44.8. The number of aliphatic hydroxyl groups is 8. The smallest absolute Gasteiger partial charge is 0.507 e. The van der Waals surface area contributed by atoms with Gasteiger partial charge in [0.2, 0.25) is 53.4 Å². The van der Waals surface area contributed by atoms with Crippen LogP contribution in [0.4, 0.5) is 19.0 Å². The molecule has 8 aliphatic heterocycles. The lowest BCUT2D eigenvalue weighted by molar-refractivity contribution is -0.350. The van der Waals surface area contributed by atoms with Crippen LogP contribution in [0.1, 0.15) is 134 Å². The number of amides is 8. The number of carbonyl (C=O) groups excluding carboxylic acids is 8. The van der Waals surface area contributed by atoms with E-state index in [9.17, 15) is 98.4 Å². The van der Waals surface area contributed by atoms with Crippen molar-refractivity contribution in [3.63, 3.8) is 0 Å². The van der Waals surface area contributed by atoms with Crippen LogP contribution in [0.3, 0.4) is 0 Å². The summed E-state index contributed by atoms with van der Waals surface area (Å²) >= 11 is 14.6. The van der Waals surface area contributed by atoms with Gasteiger partial charge in [0.15, 0.2) is 30.1 Å². The number of nitrogens with two attached hydrogens (primary N) is 2. The number of phenolic OH excluding ortho intramolecular Hbond substituents is 3. The number of anilines is 1. The van der Waals surface area contributed by atoms with E-state index < -0.39 is 321 Å². The van der Waals surface area contributed by atoms with Crippen LogP contribution in [0, 0.1) is 5.92 Å². The summed E-state index contributed by atoms with van der Waals surface area (Å²) in [5, 5.41) is 167. The first-order valence-electron chi connectivity index (χ1n) is 44.0. The topological polar surface area (TPSA) is 687 Å². The lowest BCUT2D eigenvalue weighted by atomic mass is 9.86. The normalized spacial score (nSPS) is 27.9. The third-order valence-electron chi connectivity index (χ3n) is 24.0. The number of nitrogens with zero attached hydrogens (tertiary/aromatic N) is 2. The van der Waals surface area contributed by atoms with E-state index in [2.05, 4.69) is 62.9 Å². The average Bonchev–Trinajstić information content (AvgIpc) is 0.753. The van der Waals surface area contributed by atoms with Crippen LogP contribution in [0.15, 0.2) is 114 Å². The Labute approximate surface area is 803 Å². The lowest BCUT2D eigenvalue weighted by Crippen LogP contribution is -2.65. The molecule has 0 saturated carbocycles. The van der Waals surface area contributed by atoms with Gasteiger partial charge in [0.05, 0.1) is 46.9 Å². The van der Waals surface area contributed by atoms with E-state index in [0.717, 1.165) is 95.6 Å². The number of nitrogens with one attached hydrogen (secondary N) is 10. The molecule has 2 unspecified atom stereocenters. The number of aliphatic hydroxyl groups excluding tert-OH is 8. The van der Waals surface area contributed by atoms with Gasteiger partial charge in [0, 0.05) is 66.6 Å². The fourth-order valence-corrected chi connectivity index (χ4v) is 17.2. The second-order valence-corrected chi connectivity index (χ2v) is 35.6. The van der Waals surface area contributed by atoms with Crippen LogP contribution in [-0.2, 0) is 75.1 Å². The molecule has 50 heteroatoms. The Morgan fingerprint density at radius 2 is 1.33 bits per heavy atom. The molecule has 0 spiro atoms. The number of aromatic hydroxyl groups is 3.